The van der Waals surface area contributed by atoms with Gasteiger partial charge in [0.2, 0.25) is 11.9 Å². The van der Waals surface area contributed by atoms with E-state index in [1.54, 1.807) is 0 Å². The number of nitrogens with zero attached hydrogens (tertiary/aromatic N) is 3. The molecule has 1 fully saturated rings. The van der Waals surface area contributed by atoms with E-state index >= 15 is 0 Å². The zero-order chi connectivity index (χ0) is 21.5. The maximum Gasteiger partial charge on any atom is 0.226 e. The van der Waals surface area contributed by atoms with E-state index < -0.39 is 0 Å². The van der Waals surface area contributed by atoms with E-state index in [1.165, 1.54) is 22.3 Å². The Morgan fingerprint density at radius 3 is 2.55 bits per heavy atom. The van der Waals surface area contributed by atoms with Crippen molar-refractivity contribution in [3.8, 4) is 0 Å². The van der Waals surface area contributed by atoms with Crippen molar-refractivity contribution in [2.24, 2.45) is 5.92 Å². The lowest BCUT2D eigenvalue weighted by atomic mass is 9.95. The molecule has 1 aromatic heterocycles. The summed E-state index contributed by atoms with van der Waals surface area (Å²) in [4.78, 5) is 24.8. The molecule has 160 valence electrons. The number of carbonyl (C=O) groups excluding carboxylic acids is 1. The van der Waals surface area contributed by atoms with Crippen LogP contribution in [0.2, 0.25) is 0 Å². The Labute approximate surface area is 183 Å². The molecule has 5 heteroatoms. The van der Waals surface area contributed by atoms with Crippen molar-refractivity contribution in [2.75, 3.05) is 18.0 Å². The molecule has 1 N–H and O–H groups in total. The van der Waals surface area contributed by atoms with Crippen molar-refractivity contribution in [3.63, 3.8) is 0 Å². The number of rotatable bonds is 3. The van der Waals surface area contributed by atoms with E-state index in [2.05, 4.69) is 67.4 Å². The maximum absolute atomic E-state index is 12.9. The summed E-state index contributed by atoms with van der Waals surface area (Å²) < 4.78 is 0. The van der Waals surface area contributed by atoms with Crippen LogP contribution in [-0.2, 0) is 11.2 Å². The first-order valence-electron chi connectivity index (χ1n) is 11.4. The number of benzene rings is 2. The third-order valence-electron chi connectivity index (χ3n) is 7.09. The predicted molar refractivity (Wildman–Crippen MR) is 124 cm³/mol. The standard InChI is InChI=1S/C26H30N4O/c1-16-14-22-18(3)27-26(29-24(22)15-17(16)2)30-12-10-20(11-13-30)25(31)28-23-9-8-19-6-4-5-7-21(19)23/h4-7,14-15,20,23H,8-13H2,1-3H3,(H,28,31). The minimum Gasteiger partial charge on any atom is -0.349 e. The summed E-state index contributed by atoms with van der Waals surface area (Å²) >= 11 is 0. The summed E-state index contributed by atoms with van der Waals surface area (Å²) in [6, 6.07) is 13.0. The molecule has 3 aromatic rings. The number of piperidine rings is 1. The Morgan fingerprint density at radius 2 is 1.74 bits per heavy atom. The first-order valence-corrected chi connectivity index (χ1v) is 11.4. The fourth-order valence-corrected chi connectivity index (χ4v) is 5.01. The van der Waals surface area contributed by atoms with Gasteiger partial charge in [-0.3, -0.25) is 4.79 Å². The van der Waals surface area contributed by atoms with Gasteiger partial charge in [0, 0.05) is 24.4 Å². The van der Waals surface area contributed by atoms with Gasteiger partial charge < -0.3 is 10.2 Å². The highest BCUT2D eigenvalue weighted by atomic mass is 16.2. The van der Waals surface area contributed by atoms with Crippen LogP contribution in [0, 0.1) is 26.7 Å². The Hall–Kier alpha value is -2.95. The number of fused-ring (bicyclic) bond motifs is 2. The van der Waals surface area contributed by atoms with Crippen LogP contribution in [0.4, 0.5) is 5.95 Å². The molecule has 1 aliphatic heterocycles. The minimum absolute atomic E-state index is 0.0652. The molecule has 2 aromatic carbocycles. The van der Waals surface area contributed by atoms with Crippen LogP contribution in [0.15, 0.2) is 36.4 Å². The lowest BCUT2D eigenvalue weighted by Gasteiger charge is -2.32. The Morgan fingerprint density at radius 1 is 1.00 bits per heavy atom. The maximum atomic E-state index is 12.9. The van der Waals surface area contributed by atoms with Crippen LogP contribution < -0.4 is 10.2 Å². The van der Waals surface area contributed by atoms with E-state index in [0.29, 0.717) is 0 Å². The lowest BCUT2D eigenvalue weighted by Crippen LogP contribution is -2.42. The lowest BCUT2D eigenvalue weighted by molar-refractivity contribution is -0.126. The van der Waals surface area contributed by atoms with Crippen LogP contribution in [0.25, 0.3) is 10.9 Å². The highest BCUT2D eigenvalue weighted by molar-refractivity contribution is 5.83. The topological polar surface area (TPSA) is 58.1 Å². The largest absolute Gasteiger partial charge is 0.349 e. The quantitative estimate of drug-likeness (QED) is 0.682. The molecule has 0 saturated carbocycles. The van der Waals surface area contributed by atoms with E-state index in [9.17, 15) is 4.79 Å². The second-order valence-electron chi connectivity index (χ2n) is 9.12. The number of nitrogens with one attached hydrogen (secondary N) is 1. The van der Waals surface area contributed by atoms with Gasteiger partial charge in [0.15, 0.2) is 0 Å². The second-order valence-corrected chi connectivity index (χ2v) is 9.12. The van der Waals surface area contributed by atoms with E-state index in [1.807, 2.05) is 0 Å². The molecule has 1 atom stereocenters. The number of carbonyl (C=O) groups is 1. The first-order chi connectivity index (χ1) is 15.0. The molecule has 31 heavy (non-hydrogen) atoms. The van der Waals surface area contributed by atoms with Crippen molar-refractivity contribution in [1.29, 1.82) is 0 Å². The Balaban J connectivity index is 1.25. The van der Waals surface area contributed by atoms with Gasteiger partial charge in [-0.1, -0.05) is 24.3 Å². The van der Waals surface area contributed by atoms with Gasteiger partial charge in [0.25, 0.3) is 0 Å². The molecule has 5 nitrogen and oxygen atoms in total. The normalized spacial score (nSPS) is 18.9. The summed E-state index contributed by atoms with van der Waals surface area (Å²) in [7, 11) is 0. The van der Waals surface area contributed by atoms with Gasteiger partial charge in [0.05, 0.1) is 17.3 Å². The number of hydrogen-bond acceptors (Lipinski definition) is 4. The van der Waals surface area contributed by atoms with Crippen LogP contribution in [-0.4, -0.2) is 29.0 Å². The number of aryl methyl sites for hydroxylation is 4. The second kappa shape index (κ2) is 7.95. The van der Waals surface area contributed by atoms with Crippen molar-refractivity contribution in [1.82, 2.24) is 15.3 Å². The van der Waals surface area contributed by atoms with Crippen molar-refractivity contribution < 1.29 is 4.79 Å². The zero-order valence-electron chi connectivity index (χ0n) is 18.6. The zero-order valence-corrected chi connectivity index (χ0v) is 18.6. The number of amides is 1. The molecule has 5 rings (SSSR count). The van der Waals surface area contributed by atoms with Gasteiger partial charge in [-0.15, -0.1) is 0 Å². The average molecular weight is 415 g/mol. The molecular weight excluding hydrogens is 384 g/mol. The molecule has 1 aliphatic carbocycles. The van der Waals surface area contributed by atoms with Crippen molar-refractivity contribution in [2.45, 2.75) is 52.5 Å². The van der Waals surface area contributed by atoms with Gasteiger partial charge >= 0.3 is 0 Å². The monoisotopic (exact) mass is 414 g/mol. The van der Waals surface area contributed by atoms with E-state index in [0.717, 1.165) is 61.3 Å². The van der Waals surface area contributed by atoms with Gasteiger partial charge in [-0.25, -0.2) is 9.97 Å². The summed E-state index contributed by atoms with van der Waals surface area (Å²) in [6.07, 6.45) is 3.74. The summed E-state index contributed by atoms with van der Waals surface area (Å²) in [5, 5.41) is 4.44. The SMILES string of the molecule is Cc1cc2nc(N3CCC(C(=O)NC4CCc5ccccc54)CC3)nc(C)c2cc1C. The molecule has 0 radical (unpaired) electrons. The summed E-state index contributed by atoms with van der Waals surface area (Å²) in [5.41, 5.74) is 7.20. The fourth-order valence-electron chi connectivity index (χ4n) is 5.01. The number of anilines is 1. The van der Waals surface area contributed by atoms with Crippen molar-refractivity contribution in [3.05, 3.63) is 64.3 Å². The van der Waals surface area contributed by atoms with Crippen LogP contribution in [0.1, 0.15) is 53.3 Å². The predicted octanol–water partition coefficient (Wildman–Crippen LogP) is 4.58. The van der Waals surface area contributed by atoms with Gasteiger partial charge in [-0.2, -0.15) is 0 Å². The molecule has 2 aliphatic rings. The highest BCUT2D eigenvalue weighted by Crippen LogP contribution is 2.32. The van der Waals surface area contributed by atoms with Gasteiger partial charge in [-0.05, 0) is 80.8 Å². The van der Waals surface area contributed by atoms with Crippen molar-refractivity contribution >= 4 is 22.8 Å². The molecule has 1 saturated heterocycles. The molecule has 1 amide bonds. The third-order valence-corrected chi connectivity index (χ3v) is 7.09. The Kier molecular flexibility index (Phi) is 5.12. The first kappa shape index (κ1) is 20.0. The molecule has 0 spiro atoms. The van der Waals surface area contributed by atoms with Gasteiger partial charge in [0.1, 0.15) is 0 Å². The third kappa shape index (κ3) is 3.78. The summed E-state index contributed by atoms with van der Waals surface area (Å²) in [5.74, 6) is 1.05. The molecule has 1 unspecified atom stereocenters. The summed E-state index contributed by atoms with van der Waals surface area (Å²) in [6.45, 7) is 7.94. The minimum atomic E-state index is 0.0652. The van der Waals surface area contributed by atoms with Crippen LogP contribution >= 0.6 is 0 Å². The van der Waals surface area contributed by atoms with E-state index in [4.69, 9.17) is 9.97 Å². The fraction of sp³-hybridized carbons (Fsp3) is 0.423. The molecular formula is C26H30N4O. The molecule has 0 bridgehead atoms. The van der Waals surface area contributed by atoms with Crippen LogP contribution in [0.5, 0.6) is 0 Å². The highest BCUT2D eigenvalue weighted by Gasteiger charge is 2.30. The molecule has 2 heterocycles. The Bertz CT molecular complexity index is 1150. The smallest absolute Gasteiger partial charge is 0.226 e. The van der Waals surface area contributed by atoms with Crippen LogP contribution in [0.3, 0.4) is 0 Å². The van der Waals surface area contributed by atoms with E-state index in [-0.39, 0.29) is 17.9 Å². The average Bonchev–Trinajstić information content (AvgIpc) is 3.18. The number of hydrogen-bond donors (Lipinski definition) is 1. The number of aromatic nitrogens is 2.